The Kier molecular flexibility index (Phi) is 4.37. The van der Waals surface area contributed by atoms with Crippen molar-refractivity contribution in [3.8, 4) is 5.75 Å². The topological polar surface area (TPSA) is 65.1 Å². The van der Waals surface area contributed by atoms with Gasteiger partial charge in [-0.2, -0.15) is 0 Å². The zero-order valence-corrected chi connectivity index (χ0v) is 14.3. The van der Waals surface area contributed by atoms with Gasteiger partial charge < -0.3 is 9.47 Å². The second-order valence-electron chi connectivity index (χ2n) is 7.10. The number of benzene rings is 1. The monoisotopic (exact) mass is 345 g/mol. The average Bonchev–Trinajstić information content (AvgIpc) is 3.11. The summed E-state index contributed by atoms with van der Waals surface area (Å²) in [5.74, 6) is 0.369. The molecule has 1 aliphatic carbocycles. The van der Waals surface area contributed by atoms with E-state index in [-0.39, 0.29) is 35.7 Å². The fourth-order valence-corrected chi connectivity index (χ4v) is 4.29. The van der Waals surface area contributed by atoms with Gasteiger partial charge in [0.25, 0.3) is 0 Å². The highest BCUT2D eigenvalue weighted by molar-refractivity contribution is 5.80. The molecule has 1 saturated carbocycles. The second kappa shape index (κ2) is 6.67. The lowest BCUT2D eigenvalue weighted by Crippen LogP contribution is -2.40. The average molecular weight is 345 g/mol. The minimum absolute atomic E-state index is 0.0159. The molecule has 2 fully saturated rings. The van der Waals surface area contributed by atoms with Crippen LogP contribution >= 0.6 is 0 Å². The molecule has 1 aromatic carbocycles. The van der Waals surface area contributed by atoms with E-state index in [0.717, 1.165) is 30.6 Å². The number of nitrogens with zero attached hydrogens (tertiary/aromatic N) is 1. The number of carbonyl (C=O) groups excluding carboxylic acids is 2. The molecule has 6 heteroatoms. The number of esters is 1. The predicted octanol–water partition coefficient (Wildman–Crippen LogP) is 2.49. The molecule has 0 spiro atoms. The smallest absolute Gasteiger partial charge is 0.308 e. The van der Waals surface area contributed by atoms with Crippen LogP contribution in [0, 0.1) is 17.8 Å². The van der Waals surface area contributed by atoms with Gasteiger partial charge in [-0.05, 0) is 25.3 Å². The van der Waals surface area contributed by atoms with Crippen molar-refractivity contribution in [1.29, 1.82) is 0 Å². The standard InChI is InChI=1S/C19H23NO5/c1-23-19(22)13-6-4-5-12(9-13)18(21)20-17-14(11-25-20)10-24-16-8-3-2-7-15(16)17/h2-3,7-8,12-14,17H,4-6,9-11H2,1H3/t12-,13+,14-,17+/m1/s1. The van der Waals surface area contributed by atoms with E-state index in [1.807, 2.05) is 24.3 Å². The first-order chi connectivity index (χ1) is 12.2. The highest BCUT2D eigenvalue weighted by Crippen LogP contribution is 2.44. The number of rotatable bonds is 2. The molecular formula is C19H23NO5. The number of amides is 1. The molecule has 0 N–H and O–H groups in total. The predicted molar refractivity (Wildman–Crippen MR) is 88.4 cm³/mol. The zero-order valence-electron chi connectivity index (χ0n) is 14.3. The van der Waals surface area contributed by atoms with Crippen LogP contribution in [0.25, 0.3) is 0 Å². The van der Waals surface area contributed by atoms with E-state index in [9.17, 15) is 9.59 Å². The largest absolute Gasteiger partial charge is 0.493 e. The fourth-order valence-electron chi connectivity index (χ4n) is 4.29. The summed E-state index contributed by atoms with van der Waals surface area (Å²) in [4.78, 5) is 30.8. The van der Waals surface area contributed by atoms with Crippen LogP contribution in [0.5, 0.6) is 5.75 Å². The first kappa shape index (κ1) is 16.4. The molecule has 0 bridgehead atoms. The van der Waals surface area contributed by atoms with E-state index in [2.05, 4.69) is 0 Å². The van der Waals surface area contributed by atoms with Gasteiger partial charge in [0.15, 0.2) is 0 Å². The maximum absolute atomic E-state index is 13.1. The molecule has 4 atom stereocenters. The zero-order chi connectivity index (χ0) is 17.4. The summed E-state index contributed by atoms with van der Waals surface area (Å²) in [6, 6.07) is 7.72. The van der Waals surface area contributed by atoms with Gasteiger partial charge in [0.05, 0.1) is 32.3 Å². The van der Waals surface area contributed by atoms with E-state index in [0.29, 0.717) is 19.6 Å². The highest BCUT2D eigenvalue weighted by Gasteiger charge is 2.46. The maximum atomic E-state index is 13.1. The van der Waals surface area contributed by atoms with Gasteiger partial charge in [0, 0.05) is 17.4 Å². The van der Waals surface area contributed by atoms with E-state index >= 15 is 0 Å². The van der Waals surface area contributed by atoms with Crippen LogP contribution < -0.4 is 4.74 Å². The summed E-state index contributed by atoms with van der Waals surface area (Å²) >= 11 is 0. The van der Waals surface area contributed by atoms with Crippen molar-refractivity contribution in [3.05, 3.63) is 29.8 Å². The lowest BCUT2D eigenvalue weighted by Gasteiger charge is -2.34. The van der Waals surface area contributed by atoms with E-state index in [1.54, 1.807) is 5.06 Å². The summed E-state index contributed by atoms with van der Waals surface area (Å²) in [5, 5.41) is 1.55. The van der Waals surface area contributed by atoms with E-state index in [4.69, 9.17) is 14.3 Å². The van der Waals surface area contributed by atoms with Crippen molar-refractivity contribution < 1.29 is 23.9 Å². The molecule has 3 aliphatic rings. The summed E-state index contributed by atoms with van der Waals surface area (Å²) in [7, 11) is 1.40. The van der Waals surface area contributed by atoms with Crippen LogP contribution in [0.4, 0.5) is 0 Å². The van der Waals surface area contributed by atoms with Gasteiger partial charge >= 0.3 is 5.97 Å². The quantitative estimate of drug-likeness (QED) is 0.771. The van der Waals surface area contributed by atoms with Gasteiger partial charge in [-0.25, -0.2) is 5.06 Å². The Morgan fingerprint density at radius 3 is 2.80 bits per heavy atom. The van der Waals surface area contributed by atoms with Gasteiger partial charge in [-0.1, -0.05) is 24.6 Å². The highest BCUT2D eigenvalue weighted by atomic mass is 16.7. The Morgan fingerprint density at radius 2 is 1.96 bits per heavy atom. The SMILES string of the molecule is COC(=O)[C@H]1CCC[C@@H](C(=O)N2OC[C@H]3COc4ccccc4[C@H]32)C1. The van der Waals surface area contributed by atoms with Crippen LogP contribution in [0.3, 0.4) is 0 Å². The Bertz CT molecular complexity index is 676. The number of hydrogen-bond donors (Lipinski definition) is 0. The normalized spacial score (nSPS) is 30.8. The molecule has 25 heavy (non-hydrogen) atoms. The summed E-state index contributed by atoms with van der Waals surface area (Å²) in [6.45, 7) is 1.04. The Balaban J connectivity index is 1.54. The van der Waals surface area contributed by atoms with Gasteiger partial charge in [0.1, 0.15) is 5.75 Å². The molecule has 0 aromatic heterocycles. The number of methoxy groups -OCH3 is 1. The van der Waals surface area contributed by atoms with Crippen molar-refractivity contribution in [3.63, 3.8) is 0 Å². The van der Waals surface area contributed by atoms with Crippen molar-refractivity contribution >= 4 is 11.9 Å². The fraction of sp³-hybridized carbons (Fsp3) is 0.579. The molecule has 1 amide bonds. The summed E-state index contributed by atoms with van der Waals surface area (Å²) in [6.07, 6.45) is 2.99. The first-order valence-corrected chi connectivity index (χ1v) is 8.94. The van der Waals surface area contributed by atoms with Crippen molar-refractivity contribution in [2.45, 2.75) is 31.7 Å². The number of hydroxylamine groups is 2. The van der Waals surface area contributed by atoms with E-state index < -0.39 is 0 Å². The first-order valence-electron chi connectivity index (χ1n) is 8.94. The second-order valence-corrected chi connectivity index (χ2v) is 7.10. The maximum Gasteiger partial charge on any atom is 0.308 e. The number of ether oxygens (including phenoxy) is 2. The third kappa shape index (κ3) is 2.88. The molecule has 134 valence electrons. The van der Waals surface area contributed by atoms with Crippen LogP contribution in [0.1, 0.15) is 37.3 Å². The summed E-state index contributed by atoms with van der Waals surface area (Å²) < 4.78 is 10.7. The third-order valence-electron chi connectivity index (χ3n) is 5.59. The molecule has 0 radical (unpaired) electrons. The Hall–Kier alpha value is -2.08. The van der Waals surface area contributed by atoms with Crippen LogP contribution in [0.15, 0.2) is 24.3 Å². The van der Waals surface area contributed by atoms with Gasteiger partial charge in [-0.15, -0.1) is 0 Å². The van der Waals surface area contributed by atoms with E-state index in [1.165, 1.54) is 7.11 Å². The van der Waals surface area contributed by atoms with Crippen molar-refractivity contribution in [2.24, 2.45) is 17.8 Å². The molecule has 2 heterocycles. The number of hydrogen-bond acceptors (Lipinski definition) is 5. The third-order valence-corrected chi connectivity index (χ3v) is 5.59. The van der Waals surface area contributed by atoms with Crippen LogP contribution in [0.2, 0.25) is 0 Å². The number of para-hydroxylation sites is 1. The molecule has 1 aromatic rings. The Morgan fingerprint density at radius 1 is 1.16 bits per heavy atom. The Labute approximate surface area is 147 Å². The van der Waals surface area contributed by atoms with Gasteiger partial charge in [-0.3, -0.25) is 14.4 Å². The number of carbonyl (C=O) groups is 2. The lowest BCUT2D eigenvalue weighted by atomic mass is 9.80. The van der Waals surface area contributed by atoms with Crippen molar-refractivity contribution in [2.75, 3.05) is 20.3 Å². The molecule has 4 rings (SSSR count). The molecule has 6 nitrogen and oxygen atoms in total. The molecule has 2 aliphatic heterocycles. The minimum Gasteiger partial charge on any atom is -0.493 e. The minimum atomic E-state index is -0.214. The molecule has 1 saturated heterocycles. The summed E-state index contributed by atoms with van der Waals surface area (Å²) in [5.41, 5.74) is 1.00. The lowest BCUT2D eigenvalue weighted by molar-refractivity contribution is -0.184. The van der Waals surface area contributed by atoms with Gasteiger partial charge in [0.2, 0.25) is 5.91 Å². The molecular weight excluding hydrogens is 322 g/mol. The number of fused-ring (bicyclic) bond motifs is 3. The van der Waals surface area contributed by atoms with Crippen LogP contribution in [-0.2, 0) is 19.2 Å². The molecule has 0 unspecified atom stereocenters. The van der Waals surface area contributed by atoms with Crippen LogP contribution in [-0.4, -0.2) is 37.3 Å². The van der Waals surface area contributed by atoms with Crippen molar-refractivity contribution in [1.82, 2.24) is 5.06 Å².